The second kappa shape index (κ2) is 5.96. The molecule has 0 radical (unpaired) electrons. The quantitative estimate of drug-likeness (QED) is 0.407. The largest absolute Gasteiger partial charge is 0.369 e. The van der Waals surface area contributed by atoms with Crippen molar-refractivity contribution in [1.82, 2.24) is 9.80 Å². The van der Waals surface area contributed by atoms with Crippen LogP contribution in [0.25, 0.3) is 0 Å². The van der Waals surface area contributed by atoms with E-state index >= 15 is 0 Å². The third-order valence-electron chi connectivity index (χ3n) is 1.73. The van der Waals surface area contributed by atoms with E-state index in [2.05, 4.69) is 37.6 Å². The van der Waals surface area contributed by atoms with Crippen molar-refractivity contribution in [1.29, 1.82) is 0 Å². The molecular weight excluding hydrogens is 194 g/mol. The summed E-state index contributed by atoms with van der Waals surface area (Å²) in [5.74, 6) is 0. The molecule has 0 aromatic carbocycles. The Morgan fingerprint density at radius 3 is 1.86 bits per heavy atom. The van der Waals surface area contributed by atoms with Crippen LogP contribution in [0.4, 0.5) is 0 Å². The first-order chi connectivity index (χ1) is 6.36. The summed E-state index contributed by atoms with van der Waals surface area (Å²) in [6, 6.07) is 0.781. The van der Waals surface area contributed by atoms with Crippen LogP contribution in [0.3, 0.4) is 0 Å². The van der Waals surface area contributed by atoms with Gasteiger partial charge in [-0.25, -0.2) is 4.99 Å². The van der Waals surface area contributed by atoms with E-state index in [9.17, 15) is 0 Å². The van der Waals surface area contributed by atoms with Gasteiger partial charge >= 0.3 is 0 Å². The highest BCUT2D eigenvalue weighted by molar-refractivity contribution is 7.80. The fraction of sp³-hybridized carbons (Fsp3) is 0.800. The highest BCUT2D eigenvalue weighted by atomic mass is 32.1. The van der Waals surface area contributed by atoms with E-state index in [-0.39, 0.29) is 0 Å². The third kappa shape index (κ3) is 4.56. The predicted molar refractivity (Wildman–Crippen MR) is 66.9 cm³/mol. The highest BCUT2D eigenvalue weighted by Crippen LogP contribution is 2.07. The fourth-order valence-electron chi connectivity index (χ4n) is 1.27. The Morgan fingerprint density at radius 1 is 1.14 bits per heavy atom. The van der Waals surface area contributed by atoms with E-state index < -0.39 is 0 Å². The molecule has 0 aliphatic carbocycles. The molecule has 0 aromatic heterocycles. The first-order valence-electron chi connectivity index (χ1n) is 4.89. The number of aliphatic imine (C=N–C) groups is 1. The Morgan fingerprint density at radius 2 is 1.57 bits per heavy atom. The molecule has 3 nitrogen and oxygen atoms in total. The maximum atomic E-state index is 5.25. The van der Waals surface area contributed by atoms with Gasteiger partial charge in [0.05, 0.1) is 6.34 Å². The zero-order chi connectivity index (χ0) is 11.3. The minimum Gasteiger partial charge on any atom is -0.369 e. The normalized spacial score (nSPS) is 11.4. The summed E-state index contributed by atoms with van der Waals surface area (Å²) in [7, 11) is 3.86. The molecule has 4 heteroatoms. The van der Waals surface area contributed by atoms with Crippen molar-refractivity contribution in [3.8, 4) is 0 Å². The summed E-state index contributed by atoms with van der Waals surface area (Å²) in [5.41, 5.74) is 0. The zero-order valence-corrected chi connectivity index (χ0v) is 10.8. The number of hydrogen-bond donors (Lipinski definition) is 0. The van der Waals surface area contributed by atoms with Crippen molar-refractivity contribution in [2.45, 2.75) is 39.8 Å². The molecule has 0 fully saturated rings. The lowest BCUT2D eigenvalue weighted by atomic mass is 10.2. The number of nitrogens with zero attached hydrogens (tertiary/aromatic N) is 3. The molecular formula is C10H21N3S. The minimum atomic E-state index is 0.391. The molecule has 0 spiro atoms. The van der Waals surface area contributed by atoms with E-state index in [4.69, 9.17) is 12.2 Å². The zero-order valence-electron chi connectivity index (χ0n) is 9.98. The van der Waals surface area contributed by atoms with E-state index in [1.54, 1.807) is 6.34 Å². The number of rotatable bonds is 3. The van der Waals surface area contributed by atoms with E-state index in [0.717, 1.165) is 0 Å². The van der Waals surface area contributed by atoms with E-state index in [0.29, 0.717) is 17.2 Å². The number of hydrogen-bond acceptors (Lipinski definition) is 1. The summed E-state index contributed by atoms with van der Waals surface area (Å²) in [4.78, 5) is 8.23. The first kappa shape index (κ1) is 13.4. The van der Waals surface area contributed by atoms with Gasteiger partial charge in [-0.05, 0) is 39.9 Å². The molecule has 0 N–H and O–H groups in total. The van der Waals surface area contributed by atoms with Gasteiger partial charge in [0.15, 0.2) is 5.11 Å². The van der Waals surface area contributed by atoms with E-state index in [1.807, 2.05) is 19.0 Å². The Bertz CT molecular complexity index is 201. The Hall–Kier alpha value is -0.640. The van der Waals surface area contributed by atoms with Crippen molar-refractivity contribution in [2.75, 3.05) is 14.1 Å². The maximum absolute atomic E-state index is 5.25. The van der Waals surface area contributed by atoms with Crippen LogP contribution in [0.2, 0.25) is 0 Å². The molecule has 0 saturated heterocycles. The Kier molecular flexibility index (Phi) is 5.69. The van der Waals surface area contributed by atoms with Gasteiger partial charge in [0.1, 0.15) is 0 Å². The lowest BCUT2D eigenvalue weighted by Crippen LogP contribution is -2.40. The molecule has 0 aromatic rings. The van der Waals surface area contributed by atoms with Crippen molar-refractivity contribution in [3.63, 3.8) is 0 Å². The van der Waals surface area contributed by atoms with Crippen LogP contribution in [0.5, 0.6) is 0 Å². The molecule has 0 unspecified atom stereocenters. The summed E-state index contributed by atoms with van der Waals surface area (Å²) >= 11 is 5.25. The molecule has 0 bridgehead atoms. The SMILES string of the molecule is CC(C)N(C(=S)/N=C/N(C)C)C(C)C. The molecule has 0 aliphatic heterocycles. The van der Waals surface area contributed by atoms with Gasteiger partial charge in [-0.1, -0.05) is 0 Å². The minimum absolute atomic E-state index is 0.391. The molecule has 0 rings (SSSR count). The highest BCUT2D eigenvalue weighted by Gasteiger charge is 2.15. The Labute approximate surface area is 92.8 Å². The van der Waals surface area contributed by atoms with Crippen molar-refractivity contribution in [2.24, 2.45) is 4.99 Å². The Balaban J connectivity index is 4.46. The summed E-state index contributed by atoms with van der Waals surface area (Å²) < 4.78 is 0. The van der Waals surface area contributed by atoms with Gasteiger partial charge in [-0.3, -0.25) is 0 Å². The van der Waals surface area contributed by atoms with E-state index in [1.165, 1.54) is 0 Å². The van der Waals surface area contributed by atoms with Crippen molar-refractivity contribution in [3.05, 3.63) is 0 Å². The second-order valence-electron chi connectivity index (χ2n) is 4.09. The van der Waals surface area contributed by atoms with Gasteiger partial charge in [-0.2, -0.15) is 0 Å². The molecule has 0 amide bonds. The smallest absolute Gasteiger partial charge is 0.197 e. The third-order valence-corrected chi connectivity index (χ3v) is 2.05. The molecule has 0 atom stereocenters. The van der Waals surface area contributed by atoms with Crippen LogP contribution in [0, 0.1) is 0 Å². The van der Waals surface area contributed by atoms with Crippen LogP contribution in [0.15, 0.2) is 4.99 Å². The molecule has 0 saturated carbocycles. The van der Waals surface area contributed by atoms with Crippen LogP contribution in [0.1, 0.15) is 27.7 Å². The molecule has 82 valence electrons. The average molecular weight is 215 g/mol. The van der Waals surface area contributed by atoms with Crippen molar-refractivity contribution >= 4 is 23.7 Å². The molecule has 0 aliphatic rings. The van der Waals surface area contributed by atoms with Crippen LogP contribution >= 0.6 is 12.2 Å². The van der Waals surface area contributed by atoms with Crippen molar-refractivity contribution < 1.29 is 0 Å². The maximum Gasteiger partial charge on any atom is 0.197 e. The fourth-order valence-corrected chi connectivity index (χ4v) is 1.74. The average Bonchev–Trinajstić information content (AvgIpc) is 1.99. The van der Waals surface area contributed by atoms with Gasteiger partial charge in [0.25, 0.3) is 0 Å². The topological polar surface area (TPSA) is 18.8 Å². The predicted octanol–water partition coefficient (Wildman–Crippen LogP) is 1.98. The van der Waals surface area contributed by atoms with Crippen LogP contribution < -0.4 is 0 Å². The van der Waals surface area contributed by atoms with Crippen LogP contribution in [-0.2, 0) is 0 Å². The first-order valence-corrected chi connectivity index (χ1v) is 5.30. The lowest BCUT2D eigenvalue weighted by molar-refractivity contribution is 0.294. The van der Waals surface area contributed by atoms with Gasteiger partial charge < -0.3 is 9.80 Å². The standard InChI is InChI=1S/C10H21N3S/c1-8(2)13(9(3)4)10(14)11-7-12(5)6/h7-9H,1-6H3/b11-7+. The van der Waals surface area contributed by atoms with Gasteiger partial charge in [0.2, 0.25) is 0 Å². The summed E-state index contributed by atoms with van der Waals surface area (Å²) in [6.45, 7) is 8.49. The van der Waals surface area contributed by atoms with Gasteiger partial charge in [-0.15, -0.1) is 0 Å². The van der Waals surface area contributed by atoms with Crippen LogP contribution in [-0.4, -0.2) is 47.4 Å². The second-order valence-corrected chi connectivity index (χ2v) is 4.45. The lowest BCUT2D eigenvalue weighted by Gasteiger charge is -2.31. The summed E-state index contributed by atoms with van der Waals surface area (Å²) in [5, 5.41) is 0.656. The monoisotopic (exact) mass is 215 g/mol. The summed E-state index contributed by atoms with van der Waals surface area (Å²) in [6.07, 6.45) is 1.74. The number of thiocarbonyl (C=S) groups is 1. The molecule has 14 heavy (non-hydrogen) atoms. The van der Waals surface area contributed by atoms with Gasteiger partial charge in [0, 0.05) is 26.2 Å². The molecule has 0 heterocycles.